The molecule has 2 aromatic carbocycles. The smallest absolute Gasteiger partial charge is 0.212 e. The highest BCUT2D eigenvalue weighted by Crippen LogP contribution is 2.40. The number of nitrogens with one attached hydrogen (secondary N) is 1. The first-order valence-electron chi connectivity index (χ1n) is 6.93. The normalized spacial score (nSPS) is 16.1. The second-order valence-electron chi connectivity index (χ2n) is 4.91. The summed E-state index contributed by atoms with van der Waals surface area (Å²) in [5.41, 5.74) is 5.67. The molecule has 0 spiro atoms. The van der Waals surface area contributed by atoms with E-state index in [4.69, 9.17) is 4.74 Å². The summed E-state index contributed by atoms with van der Waals surface area (Å²) >= 11 is 1.67. The van der Waals surface area contributed by atoms with Crippen LogP contribution in [0.5, 0.6) is 5.75 Å². The SMILES string of the molecule is COc1ccc(-c2nnc3n2N[C@H](c2ccccc2)S3)cc1. The number of hydrogen-bond acceptors (Lipinski definition) is 5. The molecule has 3 aromatic rings. The molecule has 0 saturated carbocycles. The van der Waals surface area contributed by atoms with Crippen LogP contribution in [0.3, 0.4) is 0 Å². The van der Waals surface area contributed by atoms with Gasteiger partial charge in [-0.2, -0.15) is 0 Å². The highest BCUT2D eigenvalue weighted by Gasteiger charge is 2.27. The van der Waals surface area contributed by atoms with Gasteiger partial charge in [0.25, 0.3) is 0 Å². The van der Waals surface area contributed by atoms with Crippen LogP contribution in [0.1, 0.15) is 10.9 Å². The van der Waals surface area contributed by atoms with Gasteiger partial charge in [0.15, 0.2) is 5.82 Å². The van der Waals surface area contributed by atoms with Gasteiger partial charge in [0.1, 0.15) is 11.1 Å². The fourth-order valence-corrected chi connectivity index (χ4v) is 3.40. The second-order valence-corrected chi connectivity index (χ2v) is 5.98. The quantitative estimate of drug-likeness (QED) is 0.804. The maximum Gasteiger partial charge on any atom is 0.212 e. The lowest BCUT2D eigenvalue weighted by molar-refractivity contribution is 0.415. The van der Waals surface area contributed by atoms with Gasteiger partial charge in [0.05, 0.1) is 7.11 Å². The van der Waals surface area contributed by atoms with Crippen molar-refractivity contribution in [3.63, 3.8) is 0 Å². The first-order valence-corrected chi connectivity index (χ1v) is 7.81. The van der Waals surface area contributed by atoms with Crippen molar-refractivity contribution in [3.8, 4) is 17.1 Å². The molecule has 6 heteroatoms. The van der Waals surface area contributed by atoms with Crippen molar-refractivity contribution in [2.75, 3.05) is 12.5 Å². The molecule has 0 saturated heterocycles. The molecule has 0 bridgehead atoms. The highest BCUT2D eigenvalue weighted by atomic mass is 32.2. The largest absolute Gasteiger partial charge is 0.497 e. The molecule has 4 rings (SSSR count). The van der Waals surface area contributed by atoms with Crippen LogP contribution in [0.15, 0.2) is 59.8 Å². The third-order valence-electron chi connectivity index (χ3n) is 3.55. The summed E-state index contributed by atoms with van der Waals surface area (Å²) in [6, 6.07) is 18.1. The summed E-state index contributed by atoms with van der Waals surface area (Å²) in [4.78, 5) is 0. The van der Waals surface area contributed by atoms with E-state index in [9.17, 15) is 0 Å². The fraction of sp³-hybridized carbons (Fsp3) is 0.125. The molecule has 1 aliphatic heterocycles. The van der Waals surface area contributed by atoms with Gasteiger partial charge in [-0.25, -0.2) is 4.68 Å². The van der Waals surface area contributed by atoms with Crippen molar-refractivity contribution < 1.29 is 4.74 Å². The summed E-state index contributed by atoms with van der Waals surface area (Å²) in [7, 11) is 1.66. The van der Waals surface area contributed by atoms with E-state index in [0.29, 0.717) is 0 Å². The van der Waals surface area contributed by atoms with E-state index in [2.05, 4.69) is 27.8 Å². The van der Waals surface area contributed by atoms with E-state index in [1.165, 1.54) is 5.56 Å². The molecule has 2 heterocycles. The van der Waals surface area contributed by atoms with E-state index in [-0.39, 0.29) is 5.37 Å². The number of ether oxygens (including phenoxy) is 1. The van der Waals surface area contributed by atoms with Crippen LogP contribution in [0, 0.1) is 0 Å². The van der Waals surface area contributed by atoms with E-state index < -0.39 is 0 Å². The lowest BCUT2D eigenvalue weighted by Crippen LogP contribution is -2.13. The molecule has 110 valence electrons. The van der Waals surface area contributed by atoms with Gasteiger partial charge in [-0.1, -0.05) is 42.1 Å². The van der Waals surface area contributed by atoms with Crippen LogP contribution in [0.2, 0.25) is 0 Å². The number of thioether (sulfide) groups is 1. The topological polar surface area (TPSA) is 52.0 Å². The first kappa shape index (κ1) is 13.2. The summed E-state index contributed by atoms with van der Waals surface area (Å²) in [6.45, 7) is 0. The van der Waals surface area contributed by atoms with Gasteiger partial charge in [0.2, 0.25) is 5.16 Å². The Labute approximate surface area is 132 Å². The van der Waals surface area contributed by atoms with Crippen LogP contribution in [0.4, 0.5) is 0 Å². The molecular formula is C16H14N4OS. The monoisotopic (exact) mass is 310 g/mol. The maximum atomic E-state index is 5.19. The molecule has 22 heavy (non-hydrogen) atoms. The van der Waals surface area contributed by atoms with Crippen LogP contribution in [-0.2, 0) is 0 Å². The third-order valence-corrected chi connectivity index (χ3v) is 4.64. The van der Waals surface area contributed by atoms with Crippen LogP contribution in [-0.4, -0.2) is 22.0 Å². The molecule has 0 unspecified atom stereocenters. The molecule has 1 N–H and O–H groups in total. The van der Waals surface area contributed by atoms with Crippen LogP contribution >= 0.6 is 11.8 Å². The Balaban J connectivity index is 1.64. The number of rotatable bonds is 3. The Morgan fingerprint density at radius 1 is 1.05 bits per heavy atom. The van der Waals surface area contributed by atoms with E-state index in [1.54, 1.807) is 18.9 Å². The van der Waals surface area contributed by atoms with Crippen LogP contribution in [0.25, 0.3) is 11.4 Å². The van der Waals surface area contributed by atoms with Crippen molar-refractivity contribution in [2.45, 2.75) is 10.5 Å². The molecule has 0 amide bonds. The van der Waals surface area contributed by atoms with Crippen molar-refractivity contribution in [1.29, 1.82) is 0 Å². The van der Waals surface area contributed by atoms with Crippen molar-refractivity contribution >= 4 is 11.8 Å². The average molecular weight is 310 g/mol. The minimum atomic E-state index is 0.156. The zero-order chi connectivity index (χ0) is 14.9. The predicted octanol–water partition coefficient (Wildman–Crippen LogP) is 3.30. The van der Waals surface area contributed by atoms with E-state index in [1.807, 2.05) is 47.1 Å². The fourth-order valence-electron chi connectivity index (χ4n) is 2.41. The Morgan fingerprint density at radius 3 is 2.55 bits per heavy atom. The number of methoxy groups -OCH3 is 1. The summed E-state index contributed by atoms with van der Waals surface area (Å²) in [5, 5.41) is 9.58. The molecule has 0 radical (unpaired) electrons. The van der Waals surface area contributed by atoms with Gasteiger partial charge < -0.3 is 10.2 Å². The Hall–Kier alpha value is -2.47. The van der Waals surface area contributed by atoms with Crippen LogP contribution < -0.4 is 10.2 Å². The van der Waals surface area contributed by atoms with Gasteiger partial charge >= 0.3 is 0 Å². The average Bonchev–Trinajstić information content (AvgIpc) is 3.16. The first-order chi connectivity index (χ1) is 10.8. The Kier molecular flexibility index (Phi) is 3.23. The van der Waals surface area contributed by atoms with Gasteiger partial charge in [-0.05, 0) is 29.8 Å². The zero-order valence-electron chi connectivity index (χ0n) is 11.9. The summed E-state index contributed by atoms with van der Waals surface area (Å²) in [6.07, 6.45) is 0. The minimum absolute atomic E-state index is 0.156. The van der Waals surface area contributed by atoms with E-state index in [0.717, 1.165) is 22.3 Å². The van der Waals surface area contributed by atoms with Gasteiger partial charge in [0, 0.05) is 5.56 Å². The van der Waals surface area contributed by atoms with Crippen molar-refractivity contribution in [1.82, 2.24) is 14.9 Å². The summed E-state index contributed by atoms with van der Waals surface area (Å²) < 4.78 is 7.14. The molecule has 5 nitrogen and oxygen atoms in total. The standard InChI is InChI=1S/C16H14N4OS/c1-21-13-9-7-11(8-10-13)14-17-18-16-20(14)19-15(22-16)12-5-3-2-4-6-12/h2-10,15,19H,1H3/t15-/m0/s1. The zero-order valence-corrected chi connectivity index (χ0v) is 12.7. The van der Waals surface area contributed by atoms with Gasteiger partial charge in [-0.15, -0.1) is 10.2 Å². The number of benzene rings is 2. The number of nitrogens with zero attached hydrogens (tertiary/aromatic N) is 3. The molecule has 1 aromatic heterocycles. The minimum Gasteiger partial charge on any atom is -0.497 e. The molecule has 1 atom stereocenters. The Morgan fingerprint density at radius 2 is 1.82 bits per heavy atom. The number of hydrogen-bond donors (Lipinski definition) is 1. The highest BCUT2D eigenvalue weighted by molar-refractivity contribution is 7.99. The van der Waals surface area contributed by atoms with E-state index >= 15 is 0 Å². The lowest BCUT2D eigenvalue weighted by Gasteiger charge is -2.12. The Bertz CT molecular complexity index is 786. The lowest BCUT2D eigenvalue weighted by atomic mass is 10.2. The van der Waals surface area contributed by atoms with Crippen molar-refractivity contribution in [2.24, 2.45) is 0 Å². The molecular weight excluding hydrogens is 296 g/mol. The molecule has 0 aliphatic carbocycles. The summed E-state index contributed by atoms with van der Waals surface area (Å²) in [5.74, 6) is 1.64. The molecule has 1 aliphatic rings. The maximum absolute atomic E-state index is 5.19. The predicted molar refractivity (Wildman–Crippen MR) is 86.4 cm³/mol. The number of aromatic nitrogens is 3. The van der Waals surface area contributed by atoms with Crippen molar-refractivity contribution in [3.05, 3.63) is 60.2 Å². The third kappa shape index (κ3) is 2.21. The number of fused-ring (bicyclic) bond motifs is 1. The molecule has 0 fully saturated rings. The van der Waals surface area contributed by atoms with Gasteiger partial charge in [-0.3, -0.25) is 0 Å². The second kappa shape index (κ2) is 5.38.